The highest BCUT2D eigenvalue weighted by Gasteiger charge is 2.21. The van der Waals surface area contributed by atoms with Crippen molar-refractivity contribution in [3.63, 3.8) is 0 Å². The smallest absolute Gasteiger partial charge is 0.264 e. The molecular formula is C18H18N2O5S. The molecule has 2 aromatic carbocycles. The first-order valence-corrected chi connectivity index (χ1v) is 9.19. The summed E-state index contributed by atoms with van der Waals surface area (Å²) in [6.07, 6.45) is 1.47. The van der Waals surface area contributed by atoms with E-state index >= 15 is 0 Å². The molecule has 3 aromatic rings. The van der Waals surface area contributed by atoms with Gasteiger partial charge in [0.05, 0.1) is 30.9 Å². The van der Waals surface area contributed by atoms with Crippen molar-refractivity contribution in [3.05, 3.63) is 54.2 Å². The number of hydrogen-bond donors (Lipinski definition) is 1. The molecule has 0 bridgehead atoms. The summed E-state index contributed by atoms with van der Waals surface area (Å²) in [4.78, 5) is 0.0152. The molecule has 0 amide bonds. The summed E-state index contributed by atoms with van der Waals surface area (Å²) in [7, 11) is -0.982. The third-order valence-corrected chi connectivity index (χ3v) is 5.15. The molecule has 0 saturated carbocycles. The van der Waals surface area contributed by atoms with E-state index in [-0.39, 0.29) is 10.8 Å². The predicted octanol–water partition coefficient (Wildman–Crippen LogP) is 3.47. The van der Waals surface area contributed by atoms with E-state index in [1.165, 1.54) is 38.6 Å². The molecular weight excluding hydrogens is 356 g/mol. The summed E-state index contributed by atoms with van der Waals surface area (Å²) >= 11 is 0. The van der Waals surface area contributed by atoms with E-state index < -0.39 is 10.0 Å². The van der Waals surface area contributed by atoms with Gasteiger partial charge >= 0.3 is 0 Å². The van der Waals surface area contributed by atoms with Gasteiger partial charge in [-0.3, -0.25) is 0 Å². The second-order valence-electron chi connectivity index (χ2n) is 5.56. The largest absolute Gasteiger partial charge is 0.493 e. The Morgan fingerprint density at radius 2 is 1.69 bits per heavy atom. The number of ether oxygens (including phenoxy) is 2. The van der Waals surface area contributed by atoms with Gasteiger partial charge in [0.2, 0.25) is 5.88 Å². The number of rotatable bonds is 6. The molecule has 1 aromatic heterocycles. The SMILES string of the molecule is COc1ccc(S(=O)(=O)Nc2oncc2-c2ccc(C)cc2)cc1OC. The molecule has 0 aliphatic heterocycles. The van der Waals surface area contributed by atoms with Gasteiger partial charge in [-0.05, 0) is 24.6 Å². The summed E-state index contributed by atoms with van der Waals surface area (Å²) in [5.74, 6) is 0.793. The van der Waals surface area contributed by atoms with Crippen LogP contribution >= 0.6 is 0 Å². The summed E-state index contributed by atoms with van der Waals surface area (Å²) in [6, 6.07) is 11.9. The molecule has 0 atom stereocenters. The van der Waals surface area contributed by atoms with Gasteiger partial charge in [0, 0.05) is 6.07 Å². The number of anilines is 1. The van der Waals surface area contributed by atoms with Crippen molar-refractivity contribution >= 4 is 15.9 Å². The molecule has 0 radical (unpaired) electrons. The fourth-order valence-electron chi connectivity index (χ4n) is 2.42. The highest BCUT2D eigenvalue weighted by molar-refractivity contribution is 7.92. The Kier molecular flexibility index (Phi) is 4.85. The Morgan fingerprint density at radius 1 is 1.00 bits per heavy atom. The van der Waals surface area contributed by atoms with Crippen LogP contribution in [0, 0.1) is 6.92 Å². The van der Waals surface area contributed by atoms with Crippen molar-refractivity contribution in [1.82, 2.24) is 5.16 Å². The van der Waals surface area contributed by atoms with Crippen LogP contribution < -0.4 is 14.2 Å². The Labute approximate surface area is 151 Å². The lowest BCUT2D eigenvalue weighted by Crippen LogP contribution is -2.13. The zero-order chi connectivity index (χ0) is 18.7. The highest BCUT2D eigenvalue weighted by Crippen LogP contribution is 2.32. The summed E-state index contributed by atoms with van der Waals surface area (Å²) in [5.41, 5.74) is 2.44. The zero-order valence-corrected chi connectivity index (χ0v) is 15.3. The normalized spacial score (nSPS) is 11.2. The first-order chi connectivity index (χ1) is 12.4. The van der Waals surface area contributed by atoms with Crippen LogP contribution in [0.25, 0.3) is 11.1 Å². The van der Waals surface area contributed by atoms with Gasteiger partial charge in [-0.15, -0.1) is 0 Å². The number of nitrogens with one attached hydrogen (secondary N) is 1. The van der Waals surface area contributed by atoms with Crippen LogP contribution in [0.5, 0.6) is 11.5 Å². The van der Waals surface area contributed by atoms with Gasteiger partial charge in [0.1, 0.15) is 0 Å². The fourth-order valence-corrected chi connectivity index (χ4v) is 3.44. The highest BCUT2D eigenvalue weighted by atomic mass is 32.2. The van der Waals surface area contributed by atoms with E-state index in [0.29, 0.717) is 17.1 Å². The standard InChI is InChI=1S/C18H18N2O5S/c1-12-4-6-13(7-5-12)15-11-19-25-18(15)20-26(21,22)14-8-9-16(23-2)17(10-14)24-3/h4-11,20H,1-3H3. The number of methoxy groups -OCH3 is 2. The molecule has 3 rings (SSSR count). The van der Waals surface area contributed by atoms with Crippen LogP contribution in [0.2, 0.25) is 0 Å². The van der Waals surface area contributed by atoms with Gasteiger partial charge in [-0.25, -0.2) is 13.1 Å². The molecule has 26 heavy (non-hydrogen) atoms. The number of aryl methyl sites for hydroxylation is 1. The van der Waals surface area contributed by atoms with Gasteiger partial charge in [0.15, 0.2) is 11.5 Å². The van der Waals surface area contributed by atoms with Crippen molar-refractivity contribution in [2.75, 3.05) is 18.9 Å². The maximum Gasteiger partial charge on any atom is 0.264 e. The van der Waals surface area contributed by atoms with Crippen molar-refractivity contribution in [3.8, 4) is 22.6 Å². The van der Waals surface area contributed by atoms with Crippen molar-refractivity contribution < 1.29 is 22.4 Å². The molecule has 0 saturated heterocycles. The van der Waals surface area contributed by atoms with E-state index in [1.54, 1.807) is 0 Å². The van der Waals surface area contributed by atoms with Crippen LogP contribution in [0.15, 0.2) is 58.1 Å². The average Bonchev–Trinajstić information content (AvgIpc) is 3.09. The molecule has 1 heterocycles. The van der Waals surface area contributed by atoms with Crippen molar-refractivity contribution in [2.24, 2.45) is 0 Å². The third-order valence-electron chi connectivity index (χ3n) is 3.83. The molecule has 0 fully saturated rings. The monoisotopic (exact) mass is 374 g/mol. The van der Waals surface area contributed by atoms with E-state index in [4.69, 9.17) is 14.0 Å². The third kappa shape index (κ3) is 3.50. The average molecular weight is 374 g/mol. The fraction of sp³-hybridized carbons (Fsp3) is 0.167. The molecule has 0 aliphatic rings. The lowest BCUT2D eigenvalue weighted by Gasteiger charge is -2.11. The minimum absolute atomic E-state index is 0.0152. The first-order valence-electron chi connectivity index (χ1n) is 7.71. The van der Waals surface area contributed by atoms with Crippen molar-refractivity contribution in [1.29, 1.82) is 0 Å². The molecule has 0 aliphatic carbocycles. The topological polar surface area (TPSA) is 90.7 Å². The molecule has 136 valence electrons. The van der Waals surface area contributed by atoms with E-state index in [1.807, 2.05) is 31.2 Å². The van der Waals surface area contributed by atoms with Gasteiger partial charge in [-0.1, -0.05) is 35.0 Å². The second kappa shape index (κ2) is 7.09. The van der Waals surface area contributed by atoms with Crippen molar-refractivity contribution in [2.45, 2.75) is 11.8 Å². The number of hydrogen-bond acceptors (Lipinski definition) is 6. The molecule has 1 N–H and O–H groups in total. The van der Waals surface area contributed by atoms with Crippen LogP contribution in [0.1, 0.15) is 5.56 Å². The molecule has 8 heteroatoms. The molecule has 7 nitrogen and oxygen atoms in total. The minimum Gasteiger partial charge on any atom is -0.493 e. The number of sulfonamides is 1. The van der Waals surface area contributed by atoms with Gasteiger partial charge in [-0.2, -0.15) is 0 Å². The summed E-state index contributed by atoms with van der Waals surface area (Å²) < 4.78 is 43.2. The number of aromatic nitrogens is 1. The van der Waals surface area contributed by atoms with Gasteiger partial charge < -0.3 is 14.0 Å². The lowest BCUT2D eigenvalue weighted by atomic mass is 10.1. The summed E-state index contributed by atoms with van der Waals surface area (Å²) in [5, 5.41) is 3.71. The maximum absolute atomic E-state index is 12.7. The molecule has 0 spiro atoms. The zero-order valence-electron chi connectivity index (χ0n) is 14.5. The Hall–Kier alpha value is -3.00. The molecule has 0 unspecified atom stereocenters. The van der Waals surface area contributed by atoms with E-state index in [2.05, 4.69) is 9.88 Å². The van der Waals surface area contributed by atoms with E-state index in [9.17, 15) is 8.42 Å². The Morgan fingerprint density at radius 3 is 2.35 bits per heavy atom. The Balaban J connectivity index is 1.94. The van der Waals surface area contributed by atoms with Crippen LogP contribution in [0.4, 0.5) is 5.88 Å². The van der Waals surface area contributed by atoms with Crippen LogP contribution in [-0.4, -0.2) is 27.8 Å². The maximum atomic E-state index is 12.7. The number of nitrogens with zero attached hydrogens (tertiary/aromatic N) is 1. The number of benzene rings is 2. The first kappa shape index (κ1) is 17.8. The lowest BCUT2D eigenvalue weighted by molar-refractivity contribution is 0.354. The van der Waals surface area contributed by atoms with E-state index in [0.717, 1.165) is 11.1 Å². The summed E-state index contributed by atoms with van der Waals surface area (Å²) in [6.45, 7) is 1.97. The second-order valence-corrected chi connectivity index (χ2v) is 7.24. The van der Waals surface area contributed by atoms with Crippen LogP contribution in [-0.2, 0) is 10.0 Å². The van der Waals surface area contributed by atoms with Gasteiger partial charge in [0.25, 0.3) is 10.0 Å². The minimum atomic E-state index is -3.90. The quantitative estimate of drug-likeness (QED) is 0.710. The predicted molar refractivity (Wildman–Crippen MR) is 97.0 cm³/mol. The van der Waals surface area contributed by atoms with Crippen LogP contribution in [0.3, 0.4) is 0 Å². The Bertz CT molecular complexity index is 1010.